The largest absolute Gasteiger partial charge is 0.476 e. The molecule has 1 aromatic heterocycles. The number of halogens is 1. The average Bonchev–Trinajstić information content (AvgIpc) is 3.01. The first-order valence-corrected chi connectivity index (χ1v) is 7.25. The van der Waals surface area contributed by atoms with E-state index in [-0.39, 0.29) is 12.4 Å². The van der Waals surface area contributed by atoms with Crippen LogP contribution in [0.5, 0.6) is 5.88 Å². The highest BCUT2D eigenvalue weighted by atomic mass is 35.5. The molecule has 1 atom stereocenters. The van der Waals surface area contributed by atoms with Gasteiger partial charge in [-0.1, -0.05) is 36.4 Å². The second-order valence-corrected chi connectivity index (χ2v) is 5.27. The average molecular weight is 305 g/mol. The second kappa shape index (κ2) is 8.01. The molecule has 0 amide bonds. The minimum Gasteiger partial charge on any atom is -0.476 e. The molecule has 2 heterocycles. The fraction of sp³-hybridized carbons (Fsp3) is 0.353. The molecule has 0 aliphatic carbocycles. The predicted octanol–water partition coefficient (Wildman–Crippen LogP) is 3.23. The van der Waals surface area contributed by atoms with Crippen molar-refractivity contribution in [3.8, 4) is 5.88 Å². The monoisotopic (exact) mass is 304 g/mol. The Morgan fingerprint density at radius 2 is 1.95 bits per heavy atom. The molecule has 3 rings (SSSR count). The molecular weight excluding hydrogens is 284 g/mol. The van der Waals surface area contributed by atoms with Gasteiger partial charge in [-0.3, -0.25) is 0 Å². The molecule has 0 saturated carbocycles. The Morgan fingerprint density at radius 1 is 1.10 bits per heavy atom. The highest BCUT2D eigenvalue weighted by molar-refractivity contribution is 5.85. The maximum atomic E-state index is 5.72. The molecule has 1 aromatic carbocycles. The van der Waals surface area contributed by atoms with Crippen LogP contribution >= 0.6 is 12.4 Å². The molecule has 21 heavy (non-hydrogen) atoms. The molecule has 112 valence electrons. The lowest BCUT2D eigenvalue weighted by molar-refractivity contribution is 0.267. The molecular formula is C17H21ClN2O. The van der Waals surface area contributed by atoms with Gasteiger partial charge in [0.15, 0.2) is 0 Å². The highest BCUT2D eigenvalue weighted by Crippen LogP contribution is 2.13. The zero-order chi connectivity index (χ0) is 13.6. The van der Waals surface area contributed by atoms with E-state index in [9.17, 15) is 0 Å². The third-order valence-electron chi connectivity index (χ3n) is 3.64. The lowest BCUT2D eigenvalue weighted by Gasteiger charge is -2.11. The summed E-state index contributed by atoms with van der Waals surface area (Å²) >= 11 is 0. The molecule has 1 aliphatic heterocycles. The molecule has 0 unspecified atom stereocenters. The van der Waals surface area contributed by atoms with Crippen molar-refractivity contribution < 1.29 is 4.74 Å². The number of pyridine rings is 1. The molecule has 1 saturated heterocycles. The van der Waals surface area contributed by atoms with Crippen molar-refractivity contribution in [1.82, 2.24) is 10.3 Å². The van der Waals surface area contributed by atoms with Crippen LogP contribution in [0.3, 0.4) is 0 Å². The number of nitrogens with zero attached hydrogens (tertiary/aromatic N) is 1. The van der Waals surface area contributed by atoms with Gasteiger partial charge in [-0.25, -0.2) is 4.98 Å². The van der Waals surface area contributed by atoms with Gasteiger partial charge in [0.1, 0.15) is 6.61 Å². The van der Waals surface area contributed by atoms with Crippen LogP contribution in [-0.2, 0) is 6.42 Å². The molecule has 0 spiro atoms. The van der Waals surface area contributed by atoms with E-state index in [1.54, 1.807) is 0 Å². The highest BCUT2D eigenvalue weighted by Gasteiger charge is 2.14. The van der Waals surface area contributed by atoms with Crippen molar-refractivity contribution in [3.05, 3.63) is 59.8 Å². The molecule has 1 aliphatic rings. The lowest BCUT2D eigenvalue weighted by Crippen LogP contribution is -2.28. The first-order chi connectivity index (χ1) is 9.90. The van der Waals surface area contributed by atoms with Crippen LogP contribution in [0.4, 0.5) is 0 Å². The summed E-state index contributed by atoms with van der Waals surface area (Å²) in [7, 11) is 0. The standard InChI is InChI=1S/C17H20N2O.ClH/c1-2-5-14(6-3-1)11-15-8-9-17(19-12-15)20-13-16-7-4-10-18-16;/h1-3,5-6,8-9,12,16,18H,4,7,10-11,13H2;1H/t16-;/m0./s1. The number of hydrogen-bond acceptors (Lipinski definition) is 3. The summed E-state index contributed by atoms with van der Waals surface area (Å²) in [4.78, 5) is 4.39. The Bertz CT molecular complexity index is 524. The molecule has 0 bridgehead atoms. The van der Waals surface area contributed by atoms with E-state index >= 15 is 0 Å². The number of benzene rings is 1. The number of aromatic nitrogens is 1. The first kappa shape index (κ1) is 15.8. The van der Waals surface area contributed by atoms with Gasteiger partial charge in [-0.05, 0) is 36.9 Å². The third-order valence-corrected chi connectivity index (χ3v) is 3.64. The molecule has 4 heteroatoms. The Hall–Kier alpha value is -1.58. The van der Waals surface area contributed by atoms with E-state index in [2.05, 4.69) is 40.6 Å². The summed E-state index contributed by atoms with van der Waals surface area (Å²) in [5.74, 6) is 0.718. The van der Waals surface area contributed by atoms with Crippen LogP contribution in [0.25, 0.3) is 0 Å². The second-order valence-electron chi connectivity index (χ2n) is 5.27. The summed E-state index contributed by atoms with van der Waals surface area (Å²) in [5.41, 5.74) is 2.51. The molecule has 2 aromatic rings. The number of nitrogens with one attached hydrogen (secondary N) is 1. The Balaban J connectivity index is 0.00000161. The Labute approximate surface area is 132 Å². The number of rotatable bonds is 5. The van der Waals surface area contributed by atoms with Crippen LogP contribution in [-0.4, -0.2) is 24.2 Å². The zero-order valence-corrected chi connectivity index (χ0v) is 12.8. The van der Waals surface area contributed by atoms with Crippen LogP contribution in [0, 0.1) is 0 Å². The van der Waals surface area contributed by atoms with Gasteiger partial charge in [-0.2, -0.15) is 0 Å². The summed E-state index contributed by atoms with van der Waals surface area (Å²) in [6, 6.07) is 15.0. The van der Waals surface area contributed by atoms with E-state index in [0.29, 0.717) is 12.6 Å². The number of ether oxygens (including phenoxy) is 1. The van der Waals surface area contributed by atoms with Gasteiger partial charge in [0, 0.05) is 18.3 Å². The normalized spacial score (nSPS) is 17.2. The van der Waals surface area contributed by atoms with Gasteiger partial charge >= 0.3 is 0 Å². The van der Waals surface area contributed by atoms with Crippen molar-refractivity contribution >= 4 is 12.4 Å². The van der Waals surface area contributed by atoms with E-state index in [1.807, 2.05) is 18.3 Å². The quantitative estimate of drug-likeness (QED) is 0.921. The Kier molecular flexibility index (Phi) is 6.03. The minimum atomic E-state index is 0. The first-order valence-electron chi connectivity index (χ1n) is 7.25. The van der Waals surface area contributed by atoms with Crippen LogP contribution in [0.1, 0.15) is 24.0 Å². The smallest absolute Gasteiger partial charge is 0.213 e. The third kappa shape index (κ3) is 4.73. The SMILES string of the molecule is Cl.c1ccc(Cc2ccc(OC[C@@H]3CCCN3)nc2)cc1. The fourth-order valence-corrected chi connectivity index (χ4v) is 2.52. The van der Waals surface area contributed by atoms with E-state index < -0.39 is 0 Å². The summed E-state index contributed by atoms with van der Waals surface area (Å²) < 4.78 is 5.72. The van der Waals surface area contributed by atoms with Gasteiger partial charge in [0.05, 0.1) is 0 Å². The van der Waals surface area contributed by atoms with Gasteiger partial charge < -0.3 is 10.1 Å². The summed E-state index contributed by atoms with van der Waals surface area (Å²) in [5, 5.41) is 3.42. The van der Waals surface area contributed by atoms with Crippen LogP contribution in [0.15, 0.2) is 48.7 Å². The van der Waals surface area contributed by atoms with Crippen LogP contribution in [0.2, 0.25) is 0 Å². The lowest BCUT2D eigenvalue weighted by atomic mass is 10.1. The Morgan fingerprint density at radius 3 is 2.62 bits per heavy atom. The van der Waals surface area contributed by atoms with Crippen molar-refractivity contribution in [1.29, 1.82) is 0 Å². The number of hydrogen-bond donors (Lipinski definition) is 1. The van der Waals surface area contributed by atoms with Gasteiger partial charge in [0.2, 0.25) is 5.88 Å². The van der Waals surface area contributed by atoms with E-state index in [1.165, 1.54) is 24.0 Å². The maximum absolute atomic E-state index is 5.72. The van der Waals surface area contributed by atoms with Crippen molar-refractivity contribution in [2.45, 2.75) is 25.3 Å². The van der Waals surface area contributed by atoms with Gasteiger partial charge in [0.25, 0.3) is 0 Å². The fourth-order valence-electron chi connectivity index (χ4n) is 2.52. The van der Waals surface area contributed by atoms with Gasteiger partial charge in [-0.15, -0.1) is 12.4 Å². The summed E-state index contributed by atoms with van der Waals surface area (Å²) in [6.07, 6.45) is 5.27. The topological polar surface area (TPSA) is 34.1 Å². The van der Waals surface area contributed by atoms with Crippen molar-refractivity contribution in [2.75, 3.05) is 13.2 Å². The maximum Gasteiger partial charge on any atom is 0.213 e. The van der Waals surface area contributed by atoms with Crippen molar-refractivity contribution in [3.63, 3.8) is 0 Å². The van der Waals surface area contributed by atoms with Crippen LogP contribution < -0.4 is 10.1 Å². The van der Waals surface area contributed by atoms with Crippen molar-refractivity contribution in [2.24, 2.45) is 0 Å². The van der Waals surface area contributed by atoms with E-state index in [0.717, 1.165) is 18.8 Å². The molecule has 1 N–H and O–H groups in total. The molecule has 0 radical (unpaired) electrons. The zero-order valence-electron chi connectivity index (χ0n) is 12.0. The predicted molar refractivity (Wildman–Crippen MR) is 87.3 cm³/mol. The minimum absolute atomic E-state index is 0. The molecule has 1 fully saturated rings. The van der Waals surface area contributed by atoms with E-state index in [4.69, 9.17) is 4.74 Å². The molecule has 3 nitrogen and oxygen atoms in total. The summed E-state index contributed by atoms with van der Waals surface area (Å²) in [6.45, 7) is 1.82.